The Hall–Kier alpha value is -0.380. The summed E-state index contributed by atoms with van der Waals surface area (Å²) in [4.78, 5) is 0. The van der Waals surface area contributed by atoms with Crippen LogP contribution in [-0.4, -0.2) is 18.8 Å². The van der Waals surface area contributed by atoms with E-state index >= 15 is 0 Å². The second-order valence-electron chi connectivity index (χ2n) is 6.16. The molecule has 3 heteroatoms. The fourth-order valence-electron chi connectivity index (χ4n) is 3.84. The van der Waals surface area contributed by atoms with Gasteiger partial charge in [0.2, 0.25) is 0 Å². The molecule has 1 unspecified atom stereocenters. The van der Waals surface area contributed by atoms with E-state index in [1.807, 2.05) is 7.11 Å². The third-order valence-corrected chi connectivity index (χ3v) is 5.00. The van der Waals surface area contributed by atoms with Crippen LogP contribution in [0.1, 0.15) is 70.6 Å². The van der Waals surface area contributed by atoms with Gasteiger partial charge in [-0.05, 0) is 38.5 Å². The van der Waals surface area contributed by atoms with Crippen LogP contribution < -0.4 is 11.3 Å². The van der Waals surface area contributed by atoms with Crippen LogP contribution in [0.4, 0.5) is 0 Å². The number of methoxy groups -OCH3 is 1. The predicted molar refractivity (Wildman–Crippen MR) is 79.7 cm³/mol. The number of rotatable bonds is 4. The molecule has 110 valence electrons. The summed E-state index contributed by atoms with van der Waals surface area (Å²) in [5.41, 5.74) is 4.51. The van der Waals surface area contributed by atoms with Crippen LogP contribution in [0.5, 0.6) is 0 Å². The molecule has 0 aromatic rings. The maximum atomic E-state index is 5.97. The molecule has 3 N–H and O–H groups in total. The lowest BCUT2D eigenvalue weighted by Gasteiger charge is -2.43. The lowest BCUT2D eigenvalue weighted by Crippen LogP contribution is -2.56. The van der Waals surface area contributed by atoms with Gasteiger partial charge < -0.3 is 4.74 Å². The van der Waals surface area contributed by atoms with Gasteiger partial charge in [0.15, 0.2) is 0 Å². The minimum atomic E-state index is -0.0714. The second kappa shape index (κ2) is 7.41. The number of nitrogens with two attached hydrogens (primary N) is 1. The minimum absolute atomic E-state index is 0.0714. The van der Waals surface area contributed by atoms with Crippen molar-refractivity contribution in [1.82, 2.24) is 5.43 Å². The van der Waals surface area contributed by atoms with E-state index in [4.69, 9.17) is 10.6 Å². The van der Waals surface area contributed by atoms with Gasteiger partial charge in [0, 0.05) is 7.11 Å². The van der Waals surface area contributed by atoms with Crippen molar-refractivity contribution in [3.05, 3.63) is 11.6 Å². The third-order valence-electron chi connectivity index (χ3n) is 5.00. The van der Waals surface area contributed by atoms with Crippen LogP contribution in [0.25, 0.3) is 0 Å². The first-order chi connectivity index (χ1) is 9.32. The Kier molecular flexibility index (Phi) is 5.86. The van der Waals surface area contributed by atoms with E-state index in [1.165, 1.54) is 63.4 Å². The average Bonchev–Trinajstić information content (AvgIpc) is 2.42. The van der Waals surface area contributed by atoms with Gasteiger partial charge in [-0.25, -0.2) is 0 Å². The first-order valence-electron chi connectivity index (χ1n) is 8.02. The minimum Gasteiger partial charge on any atom is -0.376 e. The smallest absolute Gasteiger partial charge is 0.0882 e. The SMILES string of the molecule is COC1(C(NN)C2=CCCCCCC2)CCCCC1. The summed E-state index contributed by atoms with van der Waals surface area (Å²) in [5.74, 6) is 5.91. The molecule has 1 fully saturated rings. The number of allylic oxidation sites excluding steroid dienone is 1. The molecule has 19 heavy (non-hydrogen) atoms. The van der Waals surface area contributed by atoms with Crippen molar-refractivity contribution in [3.63, 3.8) is 0 Å². The molecule has 0 spiro atoms. The second-order valence-corrected chi connectivity index (χ2v) is 6.16. The number of nitrogens with one attached hydrogen (secondary N) is 1. The van der Waals surface area contributed by atoms with Gasteiger partial charge in [-0.15, -0.1) is 0 Å². The van der Waals surface area contributed by atoms with E-state index in [-0.39, 0.29) is 11.6 Å². The fraction of sp³-hybridized carbons (Fsp3) is 0.875. The Labute approximate surface area is 117 Å². The van der Waals surface area contributed by atoms with E-state index in [0.29, 0.717) is 0 Å². The zero-order chi connectivity index (χ0) is 13.6. The van der Waals surface area contributed by atoms with Gasteiger partial charge in [0.05, 0.1) is 11.6 Å². The Morgan fingerprint density at radius 2 is 1.79 bits per heavy atom. The van der Waals surface area contributed by atoms with Crippen molar-refractivity contribution < 1.29 is 4.74 Å². The molecule has 0 aliphatic heterocycles. The Morgan fingerprint density at radius 1 is 1.11 bits per heavy atom. The normalized spacial score (nSPS) is 26.1. The maximum Gasteiger partial charge on any atom is 0.0882 e. The molecule has 1 atom stereocenters. The summed E-state index contributed by atoms with van der Waals surface area (Å²) in [6, 6.07) is 0.205. The molecule has 0 amide bonds. The summed E-state index contributed by atoms with van der Waals surface area (Å²) in [5, 5.41) is 0. The average molecular weight is 266 g/mol. The Morgan fingerprint density at radius 3 is 2.47 bits per heavy atom. The van der Waals surface area contributed by atoms with Gasteiger partial charge in [-0.2, -0.15) is 0 Å². The topological polar surface area (TPSA) is 47.3 Å². The molecule has 0 bridgehead atoms. The van der Waals surface area contributed by atoms with Gasteiger partial charge in [-0.1, -0.05) is 43.8 Å². The Bertz CT molecular complexity index is 295. The van der Waals surface area contributed by atoms with Crippen molar-refractivity contribution in [1.29, 1.82) is 0 Å². The van der Waals surface area contributed by atoms with Crippen LogP contribution in [-0.2, 0) is 4.74 Å². The molecule has 0 heterocycles. The zero-order valence-corrected chi connectivity index (χ0v) is 12.4. The molecule has 1 saturated carbocycles. The highest BCUT2D eigenvalue weighted by atomic mass is 16.5. The molecule has 0 aromatic carbocycles. The molecular weight excluding hydrogens is 236 g/mol. The monoisotopic (exact) mass is 266 g/mol. The van der Waals surface area contributed by atoms with Crippen LogP contribution in [0.15, 0.2) is 11.6 Å². The van der Waals surface area contributed by atoms with Crippen molar-refractivity contribution >= 4 is 0 Å². The van der Waals surface area contributed by atoms with Gasteiger partial charge in [0.1, 0.15) is 0 Å². The maximum absolute atomic E-state index is 5.97. The summed E-state index contributed by atoms with van der Waals surface area (Å²) >= 11 is 0. The van der Waals surface area contributed by atoms with Crippen LogP contribution in [0.3, 0.4) is 0 Å². The van der Waals surface area contributed by atoms with E-state index in [0.717, 1.165) is 12.8 Å². The predicted octanol–water partition coefficient (Wildman–Crippen LogP) is 3.45. The van der Waals surface area contributed by atoms with Gasteiger partial charge in [0.25, 0.3) is 0 Å². The number of hydrogen-bond acceptors (Lipinski definition) is 3. The van der Waals surface area contributed by atoms with Crippen LogP contribution >= 0.6 is 0 Å². The molecule has 0 saturated heterocycles. The highest BCUT2D eigenvalue weighted by Crippen LogP contribution is 2.38. The number of hydrogen-bond donors (Lipinski definition) is 2. The molecule has 0 aromatic heterocycles. The Balaban J connectivity index is 2.15. The largest absolute Gasteiger partial charge is 0.376 e. The van der Waals surface area contributed by atoms with E-state index in [9.17, 15) is 0 Å². The first kappa shape index (κ1) is 15.0. The van der Waals surface area contributed by atoms with Crippen molar-refractivity contribution in [3.8, 4) is 0 Å². The van der Waals surface area contributed by atoms with Gasteiger partial charge >= 0.3 is 0 Å². The van der Waals surface area contributed by atoms with Crippen molar-refractivity contribution in [2.45, 2.75) is 82.3 Å². The summed E-state index contributed by atoms with van der Waals surface area (Å²) in [6.07, 6.45) is 16.3. The van der Waals surface area contributed by atoms with Gasteiger partial charge in [-0.3, -0.25) is 11.3 Å². The first-order valence-corrected chi connectivity index (χ1v) is 8.02. The number of hydrazine groups is 1. The van der Waals surface area contributed by atoms with E-state index in [1.54, 1.807) is 0 Å². The van der Waals surface area contributed by atoms with Crippen molar-refractivity contribution in [2.75, 3.05) is 7.11 Å². The molecular formula is C16H30N2O. The lowest BCUT2D eigenvalue weighted by molar-refractivity contribution is -0.0594. The summed E-state index contributed by atoms with van der Waals surface area (Å²) in [7, 11) is 1.86. The van der Waals surface area contributed by atoms with Crippen LogP contribution in [0.2, 0.25) is 0 Å². The molecule has 3 nitrogen and oxygen atoms in total. The zero-order valence-electron chi connectivity index (χ0n) is 12.4. The number of ether oxygens (including phenoxy) is 1. The molecule has 0 radical (unpaired) electrons. The van der Waals surface area contributed by atoms with E-state index in [2.05, 4.69) is 11.5 Å². The quantitative estimate of drug-likeness (QED) is 0.465. The summed E-state index contributed by atoms with van der Waals surface area (Å²) in [6.45, 7) is 0. The lowest BCUT2D eigenvalue weighted by atomic mass is 9.75. The molecule has 2 aliphatic carbocycles. The molecule has 2 rings (SSSR count). The highest BCUT2D eigenvalue weighted by Gasteiger charge is 2.41. The fourth-order valence-corrected chi connectivity index (χ4v) is 3.84. The summed E-state index contributed by atoms with van der Waals surface area (Å²) < 4.78 is 5.97. The van der Waals surface area contributed by atoms with E-state index < -0.39 is 0 Å². The highest BCUT2D eigenvalue weighted by molar-refractivity contribution is 5.18. The standard InChI is InChI=1S/C16H30N2O/c1-19-16(12-8-5-9-13-16)15(18-17)14-10-6-3-2-4-7-11-14/h10,15,18H,2-9,11-13,17H2,1H3. The van der Waals surface area contributed by atoms with Crippen molar-refractivity contribution in [2.24, 2.45) is 5.84 Å². The third kappa shape index (κ3) is 3.59. The van der Waals surface area contributed by atoms with Crippen LogP contribution in [0, 0.1) is 0 Å². The molecule has 2 aliphatic rings.